The quantitative estimate of drug-likeness (QED) is 0.0933. The van der Waals surface area contributed by atoms with E-state index in [1.54, 1.807) is 43.5 Å². The Morgan fingerprint density at radius 3 is 2.14 bits per heavy atom. The van der Waals surface area contributed by atoms with Gasteiger partial charge in [-0.2, -0.15) is 0 Å². The number of benzene rings is 4. The van der Waals surface area contributed by atoms with E-state index in [1.165, 1.54) is 30.3 Å². The summed E-state index contributed by atoms with van der Waals surface area (Å²) in [4.78, 5) is 50.7. The van der Waals surface area contributed by atoms with Crippen molar-refractivity contribution >= 4 is 64.2 Å². The van der Waals surface area contributed by atoms with Crippen LogP contribution in [0.3, 0.4) is 0 Å². The van der Waals surface area contributed by atoms with Gasteiger partial charge in [0.1, 0.15) is 17.5 Å². The maximum absolute atomic E-state index is 13.0. The van der Waals surface area contributed by atoms with E-state index in [2.05, 4.69) is 16.0 Å². The third kappa shape index (κ3) is 10.4. The summed E-state index contributed by atoms with van der Waals surface area (Å²) in [5.74, 6) is -1.80. The third-order valence-electron chi connectivity index (χ3n) is 7.33. The van der Waals surface area contributed by atoms with Crippen molar-refractivity contribution in [1.82, 2.24) is 10.6 Å². The lowest BCUT2D eigenvalue weighted by Crippen LogP contribution is -2.42. The number of carboxylic acid groups (broad SMARTS) is 1. The molecule has 13 heteroatoms. The number of aliphatic carboxylic acids is 1. The Morgan fingerprint density at radius 1 is 0.796 bits per heavy atom. The SMILES string of the molecule is CCCCOc1cc(Cl)c(C(=O)Nc2ccc(C[C@H](NC(=O)c3ccc(C(=O)NCc4cccc(OC)c4)cc3Cl)C(=O)O)cc2)c(Cl)c1. The van der Waals surface area contributed by atoms with Gasteiger partial charge in [-0.15, -0.1) is 0 Å². The number of ether oxygens (including phenoxy) is 2. The van der Waals surface area contributed by atoms with Crippen LogP contribution in [-0.2, 0) is 17.8 Å². The first kappa shape index (κ1) is 37.1. The van der Waals surface area contributed by atoms with Crippen LogP contribution in [0.15, 0.2) is 78.9 Å². The molecule has 0 aliphatic carbocycles. The predicted molar refractivity (Wildman–Crippen MR) is 189 cm³/mol. The average molecular weight is 727 g/mol. The minimum absolute atomic E-state index is 0.00759. The molecule has 0 radical (unpaired) electrons. The van der Waals surface area contributed by atoms with Gasteiger partial charge in [0.15, 0.2) is 0 Å². The molecule has 0 saturated heterocycles. The fourth-order valence-electron chi connectivity index (χ4n) is 4.68. The Labute approximate surface area is 298 Å². The molecule has 0 heterocycles. The molecule has 1 atom stereocenters. The molecule has 0 aromatic heterocycles. The first-order chi connectivity index (χ1) is 23.5. The molecule has 256 valence electrons. The van der Waals surface area contributed by atoms with Crippen molar-refractivity contribution in [2.75, 3.05) is 19.0 Å². The van der Waals surface area contributed by atoms with E-state index in [1.807, 2.05) is 19.1 Å². The highest BCUT2D eigenvalue weighted by atomic mass is 35.5. The number of nitrogens with one attached hydrogen (secondary N) is 3. The minimum atomic E-state index is -1.30. The first-order valence-electron chi connectivity index (χ1n) is 15.3. The number of hydrogen-bond acceptors (Lipinski definition) is 6. The molecule has 4 rings (SSSR count). The summed E-state index contributed by atoms with van der Waals surface area (Å²) in [7, 11) is 1.55. The lowest BCUT2D eigenvalue weighted by Gasteiger charge is -2.16. The van der Waals surface area contributed by atoms with Crippen LogP contribution in [0, 0.1) is 0 Å². The maximum Gasteiger partial charge on any atom is 0.326 e. The van der Waals surface area contributed by atoms with Crippen LogP contribution in [0.25, 0.3) is 0 Å². The maximum atomic E-state index is 13.0. The number of methoxy groups -OCH3 is 1. The van der Waals surface area contributed by atoms with Crippen molar-refractivity contribution in [3.05, 3.63) is 122 Å². The number of carbonyl (C=O) groups is 4. The molecular formula is C36H34Cl3N3O7. The predicted octanol–water partition coefficient (Wildman–Crippen LogP) is 7.44. The second-order valence-electron chi connectivity index (χ2n) is 10.9. The number of carboxylic acids is 1. The summed E-state index contributed by atoms with van der Waals surface area (Å²) in [5, 5.41) is 18.1. The highest BCUT2D eigenvalue weighted by molar-refractivity contribution is 6.40. The molecule has 0 aliphatic heterocycles. The van der Waals surface area contributed by atoms with Gasteiger partial charge in [0, 0.05) is 24.2 Å². The largest absolute Gasteiger partial charge is 0.497 e. The zero-order chi connectivity index (χ0) is 35.5. The van der Waals surface area contributed by atoms with Crippen LogP contribution < -0.4 is 25.4 Å². The van der Waals surface area contributed by atoms with E-state index >= 15 is 0 Å². The fourth-order valence-corrected chi connectivity index (χ4v) is 5.59. The van der Waals surface area contributed by atoms with Crippen LogP contribution >= 0.6 is 34.8 Å². The number of anilines is 1. The number of hydrogen-bond donors (Lipinski definition) is 4. The van der Waals surface area contributed by atoms with Gasteiger partial charge in [0.2, 0.25) is 0 Å². The van der Waals surface area contributed by atoms with Gasteiger partial charge >= 0.3 is 5.97 Å². The van der Waals surface area contributed by atoms with Crippen molar-refractivity contribution in [3.63, 3.8) is 0 Å². The topological polar surface area (TPSA) is 143 Å². The number of unbranched alkanes of at least 4 members (excludes halogenated alkanes) is 1. The van der Waals surface area contributed by atoms with E-state index in [0.717, 1.165) is 18.4 Å². The summed E-state index contributed by atoms with van der Waals surface area (Å²) in [6, 6.07) is 19.6. The summed E-state index contributed by atoms with van der Waals surface area (Å²) in [6.45, 7) is 2.79. The number of amides is 3. The van der Waals surface area contributed by atoms with Gasteiger partial charge < -0.3 is 30.5 Å². The third-order valence-corrected chi connectivity index (χ3v) is 8.24. The molecule has 49 heavy (non-hydrogen) atoms. The van der Waals surface area contributed by atoms with Gasteiger partial charge in [-0.3, -0.25) is 14.4 Å². The fraction of sp³-hybridized carbons (Fsp3) is 0.222. The smallest absolute Gasteiger partial charge is 0.326 e. The van der Waals surface area contributed by atoms with Gasteiger partial charge in [0.25, 0.3) is 17.7 Å². The molecule has 10 nitrogen and oxygen atoms in total. The van der Waals surface area contributed by atoms with Crippen LogP contribution in [0.1, 0.15) is 62.0 Å². The molecule has 0 bridgehead atoms. The van der Waals surface area contributed by atoms with Crippen molar-refractivity contribution in [2.45, 2.75) is 38.8 Å². The van der Waals surface area contributed by atoms with Crippen LogP contribution in [-0.4, -0.2) is 48.6 Å². The second-order valence-corrected chi connectivity index (χ2v) is 12.1. The monoisotopic (exact) mass is 725 g/mol. The van der Waals surface area contributed by atoms with E-state index in [0.29, 0.717) is 29.4 Å². The minimum Gasteiger partial charge on any atom is -0.497 e. The lowest BCUT2D eigenvalue weighted by molar-refractivity contribution is -0.139. The number of carbonyl (C=O) groups excluding carboxylic acids is 3. The van der Waals surface area contributed by atoms with Crippen LogP contribution in [0.5, 0.6) is 11.5 Å². The van der Waals surface area contributed by atoms with Crippen LogP contribution in [0.2, 0.25) is 15.1 Å². The van der Waals surface area contributed by atoms with Crippen molar-refractivity contribution in [2.24, 2.45) is 0 Å². The normalized spacial score (nSPS) is 11.3. The number of rotatable bonds is 15. The standard InChI is InChI=1S/C36H34Cl3N3O7/c1-3-4-14-49-26-18-29(38)32(30(39)19-26)35(45)41-24-11-8-21(9-12-24)16-31(36(46)47)42-34(44)27-13-10-23(17-28(27)37)33(43)40-20-22-6-5-7-25(15-22)48-2/h5-13,15,17-19,31H,3-4,14,16,20H2,1-2H3,(H,40,43)(H,41,45)(H,42,44)(H,46,47)/t31-/m0/s1. The molecule has 0 unspecified atom stereocenters. The Hall–Kier alpha value is -4.77. The highest BCUT2D eigenvalue weighted by Crippen LogP contribution is 2.31. The molecular weight excluding hydrogens is 693 g/mol. The van der Waals surface area contributed by atoms with Gasteiger partial charge in [-0.05, 0) is 72.1 Å². The average Bonchev–Trinajstić information content (AvgIpc) is 3.07. The first-order valence-corrected chi connectivity index (χ1v) is 16.4. The molecule has 4 N–H and O–H groups in total. The van der Waals surface area contributed by atoms with Gasteiger partial charge in [-0.1, -0.05) is 72.4 Å². The Bertz CT molecular complexity index is 1810. The zero-order valence-electron chi connectivity index (χ0n) is 26.6. The molecule has 3 amide bonds. The molecule has 0 spiro atoms. The molecule has 0 aliphatic rings. The molecule has 0 fully saturated rings. The Morgan fingerprint density at radius 2 is 1.51 bits per heavy atom. The van der Waals surface area contributed by atoms with Gasteiger partial charge in [0.05, 0.1) is 39.9 Å². The van der Waals surface area contributed by atoms with Crippen molar-refractivity contribution in [1.29, 1.82) is 0 Å². The summed E-state index contributed by atoms with van der Waals surface area (Å²) in [5.41, 5.74) is 2.14. The zero-order valence-corrected chi connectivity index (χ0v) is 28.9. The molecule has 0 saturated carbocycles. The Kier molecular flexibility index (Phi) is 13.3. The van der Waals surface area contributed by atoms with E-state index in [4.69, 9.17) is 44.3 Å². The molecule has 4 aromatic carbocycles. The summed E-state index contributed by atoms with van der Waals surface area (Å²) >= 11 is 19.0. The Balaban J connectivity index is 1.35. The highest BCUT2D eigenvalue weighted by Gasteiger charge is 2.23. The van der Waals surface area contributed by atoms with Gasteiger partial charge in [-0.25, -0.2) is 4.79 Å². The number of halogens is 3. The van der Waals surface area contributed by atoms with Crippen LogP contribution in [0.4, 0.5) is 5.69 Å². The summed E-state index contributed by atoms with van der Waals surface area (Å²) in [6.07, 6.45) is 1.77. The van der Waals surface area contributed by atoms with E-state index < -0.39 is 29.7 Å². The lowest BCUT2D eigenvalue weighted by atomic mass is 10.0. The molecule has 4 aromatic rings. The van der Waals surface area contributed by atoms with Crippen molar-refractivity contribution < 1.29 is 33.8 Å². The van der Waals surface area contributed by atoms with Crippen molar-refractivity contribution in [3.8, 4) is 11.5 Å². The summed E-state index contributed by atoms with van der Waals surface area (Å²) < 4.78 is 10.8. The van der Waals surface area contributed by atoms with E-state index in [9.17, 15) is 24.3 Å². The second kappa shape index (κ2) is 17.6. The van der Waals surface area contributed by atoms with E-state index in [-0.39, 0.29) is 44.7 Å².